The Bertz CT molecular complexity index is 552. The van der Waals surface area contributed by atoms with Crippen LogP contribution < -0.4 is 0 Å². The van der Waals surface area contributed by atoms with Gasteiger partial charge in [-0.1, -0.05) is 25.4 Å². The number of fused-ring (bicyclic) bond motifs is 1. The highest BCUT2D eigenvalue weighted by Gasteiger charge is 2.12. The van der Waals surface area contributed by atoms with Gasteiger partial charge in [-0.15, -0.1) is 0 Å². The van der Waals surface area contributed by atoms with Gasteiger partial charge in [0.1, 0.15) is 11.8 Å². The van der Waals surface area contributed by atoms with Crippen LogP contribution in [0.3, 0.4) is 0 Å². The SMILES string of the molecule is CC(C)C(C)OCc1nc(Cl)c2cnn(C)c2n1. The fraction of sp³-hybridized carbons (Fsp3) is 0.583. The van der Waals surface area contributed by atoms with Gasteiger partial charge in [-0.3, -0.25) is 4.68 Å². The fourth-order valence-electron chi connectivity index (χ4n) is 1.49. The summed E-state index contributed by atoms with van der Waals surface area (Å²) in [4.78, 5) is 8.63. The number of aromatic nitrogens is 4. The van der Waals surface area contributed by atoms with Crippen LogP contribution in [0.5, 0.6) is 0 Å². The van der Waals surface area contributed by atoms with Crippen molar-refractivity contribution in [3.8, 4) is 0 Å². The van der Waals surface area contributed by atoms with E-state index in [2.05, 4.69) is 28.9 Å². The number of nitrogens with zero attached hydrogens (tertiary/aromatic N) is 4. The molecule has 6 heteroatoms. The van der Waals surface area contributed by atoms with Crippen molar-refractivity contribution in [3.63, 3.8) is 0 Å². The van der Waals surface area contributed by atoms with Crippen LogP contribution in [0.2, 0.25) is 5.15 Å². The van der Waals surface area contributed by atoms with Crippen molar-refractivity contribution in [2.45, 2.75) is 33.5 Å². The lowest BCUT2D eigenvalue weighted by Crippen LogP contribution is -2.16. The lowest BCUT2D eigenvalue weighted by molar-refractivity contribution is 0.0201. The number of hydrogen-bond donors (Lipinski definition) is 0. The maximum Gasteiger partial charge on any atom is 0.162 e. The maximum atomic E-state index is 6.09. The molecule has 0 aromatic carbocycles. The molecule has 0 aliphatic carbocycles. The maximum absolute atomic E-state index is 6.09. The zero-order valence-electron chi connectivity index (χ0n) is 11.0. The molecular formula is C12H17ClN4O. The highest BCUT2D eigenvalue weighted by molar-refractivity contribution is 6.33. The number of halogens is 1. The van der Waals surface area contributed by atoms with Gasteiger partial charge in [0.2, 0.25) is 0 Å². The standard InChI is InChI=1S/C12H17ClN4O/c1-7(2)8(3)18-6-10-15-11(13)9-5-14-17(4)12(9)16-10/h5,7-8H,6H2,1-4H3. The van der Waals surface area contributed by atoms with Gasteiger partial charge in [-0.05, 0) is 12.8 Å². The van der Waals surface area contributed by atoms with E-state index in [1.165, 1.54) is 0 Å². The summed E-state index contributed by atoms with van der Waals surface area (Å²) in [6.45, 7) is 6.63. The second-order valence-electron chi connectivity index (χ2n) is 4.70. The molecule has 0 N–H and O–H groups in total. The molecule has 0 saturated heterocycles. The molecule has 0 aliphatic heterocycles. The molecule has 0 bridgehead atoms. The predicted molar refractivity (Wildman–Crippen MR) is 70.4 cm³/mol. The highest BCUT2D eigenvalue weighted by Crippen LogP contribution is 2.19. The average molecular weight is 269 g/mol. The molecule has 98 valence electrons. The number of aryl methyl sites for hydroxylation is 1. The third-order valence-electron chi connectivity index (χ3n) is 3.01. The highest BCUT2D eigenvalue weighted by atomic mass is 35.5. The van der Waals surface area contributed by atoms with Crippen molar-refractivity contribution in [1.29, 1.82) is 0 Å². The average Bonchev–Trinajstić information content (AvgIpc) is 2.68. The molecule has 2 rings (SSSR count). The van der Waals surface area contributed by atoms with Crippen LogP contribution in [0.25, 0.3) is 11.0 Å². The third kappa shape index (κ3) is 2.62. The number of ether oxygens (including phenoxy) is 1. The van der Waals surface area contributed by atoms with Crippen LogP contribution in [0.1, 0.15) is 26.6 Å². The zero-order valence-corrected chi connectivity index (χ0v) is 11.8. The van der Waals surface area contributed by atoms with Gasteiger partial charge < -0.3 is 4.74 Å². The Morgan fingerprint density at radius 3 is 2.72 bits per heavy atom. The van der Waals surface area contributed by atoms with Crippen LogP contribution in [0.15, 0.2) is 6.20 Å². The molecule has 0 aliphatic rings. The van der Waals surface area contributed by atoms with E-state index in [9.17, 15) is 0 Å². The Balaban J connectivity index is 2.21. The first-order chi connectivity index (χ1) is 8.49. The normalized spacial score (nSPS) is 13.4. The minimum Gasteiger partial charge on any atom is -0.370 e. The van der Waals surface area contributed by atoms with Gasteiger partial charge in [0, 0.05) is 7.05 Å². The molecule has 5 nitrogen and oxygen atoms in total. The minimum atomic E-state index is 0.162. The first kappa shape index (κ1) is 13.2. The Morgan fingerprint density at radius 2 is 2.06 bits per heavy atom. The molecule has 0 radical (unpaired) electrons. The largest absolute Gasteiger partial charge is 0.370 e. The smallest absolute Gasteiger partial charge is 0.162 e. The molecule has 2 aromatic heterocycles. The van der Waals surface area contributed by atoms with Crippen LogP contribution in [-0.2, 0) is 18.4 Å². The van der Waals surface area contributed by atoms with Gasteiger partial charge in [-0.25, -0.2) is 9.97 Å². The summed E-state index contributed by atoms with van der Waals surface area (Å²) in [5, 5.41) is 5.29. The fourth-order valence-corrected chi connectivity index (χ4v) is 1.72. The van der Waals surface area contributed by atoms with Crippen LogP contribution in [0.4, 0.5) is 0 Å². The van der Waals surface area contributed by atoms with Gasteiger partial charge in [0.15, 0.2) is 11.5 Å². The summed E-state index contributed by atoms with van der Waals surface area (Å²) in [7, 11) is 1.83. The summed E-state index contributed by atoms with van der Waals surface area (Å²) < 4.78 is 7.38. The van der Waals surface area contributed by atoms with Crippen molar-refractivity contribution in [3.05, 3.63) is 17.2 Å². The molecule has 0 amide bonds. The van der Waals surface area contributed by atoms with E-state index in [1.54, 1.807) is 10.9 Å². The lowest BCUT2D eigenvalue weighted by atomic mass is 10.1. The topological polar surface area (TPSA) is 52.8 Å². The van der Waals surface area contributed by atoms with E-state index in [0.717, 1.165) is 11.0 Å². The molecule has 0 fully saturated rings. The number of rotatable bonds is 4. The lowest BCUT2D eigenvalue weighted by Gasteiger charge is -2.15. The van der Waals surface area contributed by atoms with Gasteiger partial charge in [0.05, 0.1) is 17.7 Å². The van der Waals surface area contributed by atoms with Crippen LogP contribution in [0, 0.1) is 5.92 Å². The monoisotopic (exact) mass is 268 g/mol. The van der Waals surface area contributed by atoms with Crippen molar-refractivity contribution in [2.24, 2.45) is 13.0 Å². The van der Waals surface area contributed by atoms with Gasteiger partial charge in [-0.2, -0.15) is 5.10 Å². The van der Waals surface area contributed by atoms with E-state index in [4.69, 9.17) is 16.3 Å². The molecule has 2 aromatic rings. The van der Waals surface area contributed by atoms with E-state index in [-0.39, 0.29) is 6.10 Å². The zero-order chi connectivity index (χ0) is 13.3. The Labute approximate surface area is 111 Å². The first-order valence-electron chi connectivity index (χ1n) is 5.94. The van der Waals surface area contributed by atoms with Crippen molar-refractivity contribution >= 4 is 22.6 Å². The van der Waals surface area contributed by atoms with Gasteiger partial charge in [0.25, 0.3) is 0 Å². The van der Waals surface area contributed by atoms with Crippen LogP contribution in [-0.4, -0.2) is 25.9 Å². The molecule has 0 saturated carbocycles. The predicted octanol–water partition coefficient (Wildman–Crippen LogP) is 2.58. The molecule has 18 heavy (non-hydrogen) atoms. The number of hydrogen-bond acceptors (Lipinski definition) is 4. The summed E-state index contributed by atoms with van der Waals surface area (Å²) in [6.07, 6.45) is 1.83. The molecule has 1 unspecified atom stereocenters. The minimum absolute atomic E-state index is 0.162. The molecule has 2 heterocycles. The summed E-state index contributed by atoms with van der Waals surface area (Å²) in [5.74, 6) is 1.05. The van der Waals surface area contributed by atoms with Crippen LogP contribution >= 0.6 is 11.6 Å². The second kappa shape index (κ2) is 5.20. The van der Waals surface area contributed by atoms with E-state index >= 15 is 0 Å². The van der Waals surface area contributed by atoms with E-state index < -0.39 is 0 Å². The van der Waals surface area contributed by atoms with Crippen molar-refractivity contribution in [2.75, 3.05) is 0 Å². The second-order valence-corrected chi connectivity index (χ2v) is 5.05. The van der Waals surface area contributed by atoms with Crippen molar-refractivity contribution < 1.29 is 4.74 Å². The Morgan fingerprint density at radius 1 is 1.33 bits per heavy atom. The molecular weight excluding hydrogens is 252 g/mol. The third-order valence-corrected chi connectivity index (χ3v) is 3.29. The first-order valence-corrected chi connectivity index (χ1v) is 6.32. The summed E-state index contributed by atoms with van der Waals surface area (Å²) in [6, 6.07) is 0. The van der Waals surface area contributed by atoms with Gasteiger partial charge >= 0.3 is 0 Å². The Hall–Kier alpha value is -1.20. The van der Waals surface area contributed by atoms with E-state index in [0.29, 0.717) is 23.5 Å². The quantitative estimate of drug-likeness (QED) is 0.800. The van der Waals surface area contributed by atoms with Crippen molar-refractivity contribution in [1.82, 2.24) is 19.7 Å². The summed E-state index contributed by atoms with van der Waals surface area (Å²) in [5.41, 5.74) is 0.728. The Kier molecular flexibility index (Phi) is 3.82. The summed E-state index contributed by atoms with van der Waals surface area (Å²) >= 11 is 6.09. The van der Waals surface area contributed by atoms with E-state index in [1.807, 2.05) is 14.0 Å². The molecule has 0 spiro atoms. The molecule has 1 atom stereocenters.